The number of thiazole rings is 1. The lowest BCUT2D eigenvalue weighted by Crippen LogP contribution is -2.28. The normalized spacial score (nSPS) is 13.9. The van der Waals surface area contributed by atoms with E-state index >= 15 is 0 Å². The van der Waals surface area contributed by atoms with Crippen molar-refractivity contribution in [1.29, 1.82) is 0 Å². The van der Waals surface area contributed by atoms with Gasteiger partial charge < -0.3 is 19.7 Å². The molecule has 1 aliphatic carbocycles. The first-order valence-electron chi connectivity index (χ1n) is 11.5. The largest absolute Gasteiger partial charge is 0.435 e. The Morgan fingerprint density at radius 3 is 2.29 bits per heavy atom. The molecule has 3 aromatic rings. The molecule has 9 nitrogen and oxygen atoms in total. The van der Waals surface area contributed by atoms with Gasteiger partial charge in [-0.25, -0.2) is 4.98 Å². The van der Waals surface area contributed by atoms with Gasteiger partial charge in [0, 0.05) is 37.6 Å². The highest BCUT2D eigenvalue weighted by Crippen LogP contribution is 2.32. The van der Waals surface area contributed by atoms with Gasteiger partial charge in [-0.05, 0) is 37.8 Å². The fourth-order valence-electron chi connectivity index (χ4n) is 3.66. The highest BCUT2D eigenvalue weighted by atomic mass is 32.1. The third kappa shape index (κ3) is 6.94. The predicted octanol–water partition coefficient (Wildman–Crippen LogP) is 4.78. The first-order valence-corrected chi connectivity index (χ1v) is 12.3. The minimum atomic E-state index is -3.24. The molecule has 1 N–H and O–H groups in total. The minimum Gasteiger partial charge on any atom is -0.435 e. The first kappa shape index (κ1) is 27.2. The van der Waals surface area contributed by atoms with Gasteiger partial charge in [-0.3, -0.25) is 19.6 Å². The number of carbonyl (C=O) groups excluding carboxylic acids is 2. The second-order valence-electron chi connectivity index (χ2n) is 8.59. The monoisotopic (exact) mass is 553 g/mol. The van der Waals surface area contributed by atoms with Gasteiger partial charge in [-0.1, -0.05) is 0 Å². The molecule has 0 saturated heterocycles. The Morgan fingerprint density at radius 1 is 1.05 bits per heavy atom. The number of alkyl halides is 4. The van der Waals surface area contributed by atoms with E-state index in [1.165, 1.54) is 18.6 Å². The van der Waals surface area contributed by atoms with E-state index in [-0.39, 0.29) is 11.5 Å². The zero-order valence-corrected chi connectivity index (χ0v) is 21.1. The van der Waals surface area contributed by atoms with Crippen LogP contribution < -0.4 is 14.8 Å². The molecule has 14 heteroatoms. The maximum Gasteiger partial charge on any atom is 0.387 e. The van der Waals surface area contributed by atoms with Crippen molar-refractivity contribution in [3.8, 4) is 22.2 Å². The third-order valence-electron chi connectivity index (χ3n) is 5.57. The van der Waals surface area contributed by atoms with Crippen LogP contribution in [0.5, 0.6) is 11.5 Å². The Morgan fingerprint density at radius 2 is 1.68 bits per heavy atom. The summed E-state index contributed by atoms with van der Waals surface area (Å²) in [6.45, 7) is -4.20. The van der Waals surface area contributed by atoms with Crippen molar-refractivity contribution in [2.75, 3.05) is 13.6 Å². The predicted molar refractivity (Wildman–Crippen MR) is 128 cm³/mol. The summed E-state index contributed by atoms with van der Waals surface area (Å²) < 4.78 is 59.2. The van der Waals surface area contributed by atoms with E-state index in [0.29, 0.717) is 33.7 Å². The van der Waals surface area contributed by atoms with Gasteiger partial charge in [0.15, 0.2) is 0 Å². The van der Waals surface area contributed by atoms with Gasteiger partial charge in [-0.15, -0.1) is 11.3 Å². The molecule has 1 unspecified atom stereocenters. The number of amides is 2. The summed E-state index contributed by atoms with van der Waals surface area (Å²) in [5.74, 6) is -1.46. The molecular weight excluding hydrogens is 530 g/mol. The number of benzene rings is 1. The zero-order chi connectivity index (χ0) is 27.4. The van der Waals surface area contributed by atoms with Crippen molar-refractivity contribution in [2.24, 2.45) is 5.92 Å². The fourth-order valence-corrected chi connectivity index (χ4v) is 4.58. The lowest BCUT2D eigenvalue weighted by molar-refractivity contribution is -0.0543. The summed E-state index contributed by atoms with van der Waals surface area (Å²) in [4.78, 5) is 40.7. The van der Waals surface area contributed by atoms with E-state index in [1.807, 2.05) is 0 Å². The number of nitrogens with zero attached hydrogens (tertiary/aromatic N) is 4. The average molecular weight is 554 g/mol. The second-order valence-corrected chi connectivity index (χ2v) is 9.62. The maximum atomic E-state index is 12.9. The average Bonchev–Trinajstić information content (AvgIpc) is 3.53. The number of carbonyl (C=O) groups is 2. The number of nitrogens with one attached hydrogen (secondary N) is 1. The van der Waals surface area contributed by atoms with E-state index in [0.717, 1.165) is 42.4 Å². The van der Waals surface area contributed by atoms with Crippen molar-refractivity contribution in [3.63, 3.8) is 0 Å². The molecule has 202 valence electrons. The second kappa shape index (κ2) is 11.7. The van der Waals surface area contributed by atoms with Crippen LogP contribution in [-0.2, 0) is 0 Å². The van der Waals surface area contributed by atoms with E-state index in [4.69, 9.17) is 0 Å². The molecule has 38 heavy (non-hydrogen) atoms. The Balaban J connectivity index is 1.53. The van der Waals surface area contributed by atoms with Crippen LogP contribution in [0.4, 0.5) is 17.6 Å². The number of ether oxygens (including phenoxy) is 2. The van der Waals surface area contributed by atoms with Crippen LogP contribution in [0, 0.1) is 5.92 Å². The van der Waals surface area contributed by atoms with Crippen molar-refractivity contribution < 1.29 is 36.6 Å². The van der Waals surface area contributed by atoms with Gasteiger partial charge in [0.2, 0.25) is 0 Å². The molecule has 1 aliphatic rings. The summed E-state index contributed by atoms with van der Waals surface area (Å²) in [5, 5.41) is 3.05. The molecule has 0 bridgehead atoms. The summed E-state index contributed by atoms with van der Waals surface area (Å²) in [6.07, 6.45) is 6.54. The molecule has 1 atom stereocenters. The number of hydrogen-bond acceptors (Lipinski definition) is 8. The highest BCUT2D eigenvalue weighted by molar-refractivity contribution is 7.16. The number of rotatable bonds is 11. The van der Waals surface area contributed by atoms with E-state index < -0.39 is 36.7 Å². The van der Waals surface area contributed by atoms with E-state index in [2.05, 4.69) is 29.7 Å². The van der Waals surface area contributed by atoms with Gasteiger partial charge >= 0.3 is 13.2 Å². The fraction of sp³-hybridized carbons (Fsp3) is 0.375. The molecule has 1 aromatic carbocycles. The van der Waals surface area contributed by atoms with Crippen LogP contribution in [0.25, 0.3) is 10.7 Å². The summed E-state index contributed by atoms with van der Waals surface area (Å²) in [6, 6.07) is 2.00. The number of hydrogen-bond donors (Lipinski definition) is 1. The van der Waals surface area contributed by atoms with Gasteiger partial charge in [0.25, 0.3) is 11.8 Å². The van der Waals surface area contributed by atoms with Crippen molar-refractivity contribution in [2.45, 2.75) is 39.0 Å². The quantitative estimate of drug-likeness (QED) is 0.341. The van der Waals surface area contributed by atoms with E-state index in [1.54, 1.807) is 18.9 Å². The van der Waals surface area contributed by atoms with Crippen LogP contribution >= 0.6 is 11.3 Å². The molecule has 0 spiro atoms. The SMILES string of the molecule is CC(NC(=O)c1cc(OC(F)F)cc(OC(F)F)c1)c1nccnc1-c1ncc(C(=O)N(C)CC2CC2)s1. The molecule has 4 rings (SSSR count). The van der Waals surface area contributed by atoms with Crippen molar-refractivity contribution in [3.05, 3.63) is 52.9 Å². The first-order chi connectivity index (χ1) is 18.1. The van der Waals surface area contributed by atoms with Crippen LogP contribution in [0.1, 0.15) is 51.5 Å². The molecular formula is C24H23F4N5O4S. The number of aromatic nitrogens is 3. The topological polar surface area (TPSA) is 107 Å². The van der Waals surface area contributed by atoms with Gasteiger partial charge in [0.1, 0.15) is 27.1 Å². The summed E-state index contributed by atoms with van der Waals surface area (Å²) >= 11 is 1.14. The van der Waals surface area contributed by atoms with Crippen LogP contribution in [0.15, 0.2) is 36.8 Å². The smallest absolute Gasteiger partial charge is 0.387 e. The zero-order valence-electron chi connectivity index (χ0n) is 20.2. The Hall–Kier alpha value is -3.81. The molecule has 2 aromatic heterocycles. The lowest BCUT2D eigenvalue weighted by Gasteiger charge is -2.17. The van der Waals surface area contributed by atoms with E-state index in [9.17, 15) is 27.2 Å². The van der Waals surface area contributed by atoms with Gasteiger partial charge in [-0.2, -0.15) is 17.6 Å². The highest BCUT2D eigenvalue weighted by Gasteiger charge is 2.27. The minimum absolute atomic E-state index is 0.153. The van der Waals surface area contributed by atoms with Crippen LogP contribution in [0.2, 0.25) is 0 Å². The third-order valence-corrected chi connectivity index (χ3v) is 6.56. The molecule has 2 amide bonds. The lowest BCUT2D eigenvalue weighted by atomic mass is 10.1. The molecule has 1 saturated carbocycles. The summed E-state index contributed by atoms with van der Waals surface area (Å²) in [7, 11) is 1.74. The van der Waals surface area contributed by atoms with Crippen LogP contribution in [-0.4, -0.2) is 58.5 Å². The summed E-state index contributed by atoms with van der Waals surface area (Å²) in [5.41, 5.74) is 0.409. The Labute approximate surface area is 218 Å². The standard InChI is InChI=1S/C24H23F4N5O4S/c1-12(32-20(34)14-7-15(36-23(25)26)9-16(8-14)37-24(27)28)18-19(30-6-5-29-18)21-31-10-17(38-21)22(35)33(2)11-13-3-4-13/h5-10,12-13,23-24H,3-4,11H2,1-2H3,(H,32,34). The van der Waals surface area contributed by atoms with Gasteiger partial charge in [0.05, 0.1) is 17.9 Å². The molecule has 0 radical (unpaired) electrons. The Kier molecular flexibility index (Phi) is 8.39. The maximum absolute atomic E-state index is 12.9. The molecule has 2 heterocycles. The van der Waals surface area contributed by atoms with Crippen LogP contribution in [0.3, 0.4) is 0 Å². The van der Waals surface area contributed by atoms with Crippen molar-refractivity contribution >= 4 is 23.2 Å². The Bertz CT molecular complexity index is 1280. The number of halogens is 4. The molecule has 0 aliphatic heterocycles. The van der Waals surface area contributed by atoms with Crippen molar-refractivity contribution in [1.82, 2.24) is 25.2 Å². The molecule has 1 fully saturated rings.